The first-order valence-corrected chi connectivity index (χ1v) is 25.0. The number of aromatic nitrogens is 2. The van der Waals surface area contributed by atoms with Gasteiger partial charge in [-0.15, -0.1) is 53.6 Å². The summed E-state index contributed by atoms with van der Waals surface area (Å²) in [5.74, 6) is 3.23. The van der Waals surface area contributed by atoms with Crippen molar-refractivity contribution in [1.29, 1.82) is 0 Å². The number of para-hydroxylation sites is 3. The summed E-state index contributed by atoms with van der Waals surface area (Å²) in [6, 6.07) is 60.2. The average Bonchev–Trinajstić information content (AvgIpc) is 3.89. The zero-order valence-electron chi connectivity index (χ0n) is 43.3. The molecule has 0 atom stereocenters. The summed E-state index contributed by atoms with van der Waals surface area (Å²) in [5, 5.41) is 2.23. The molecule has 0 unspecified atom stereocenters. The maximum atomic E-state index is 6.94. The minimum atomic E-state index is -0.177. The third-order valence-electron chi connectivity index (χ3n) is 13.9. The maximum Gasteiger partial charge on any atom is 0.136 e. The monoisotopic (exact) mass is 1110 g/mol. The molecule has 0 amide bonds. The van der Waals surface area contributed by atoms with Crippen molar-refractivity contribution in [3.8, 4) is 39.6 Å². The van der Waals surface area contributed by atoms with E-state index < -0.39 is 0 Å². The summed E-state index contributed by atoms with van der Waals surface area (Å²) in [6.07, 6.45) is 1.96. The van der Waals surface area contributed by atoms with E-state index >= 15 is 0 Å². The predicted octanol–water partition coefficient (Wildman–Crippen LogP) is 18.3. The molecule has 7 aromatic carbocycles. The van der Waals surface area contributed by atoms with Crippen LogP contribution >= 0.6 is 0 Å². The summed E-state index contributed by atoms with van der Waals surface area (Å²) >= 11 is 0. The zero-order valence-corrected chi connectivity index (χ0v) is 45.5. The van der Waals surface area contributed by atoms with Crippen molar-refractivity contribution in [2.24, 2.45) is 0 Å². The van der Waals surface area contributed by atoms with Crippen LogP contribution in [-0.2, 0) is 31.9 Å². The van der Waals surface area contributed by atoms with Crippen LogP contribution in [0.2, 0.25) is 0 Å². The second kappa shape index (κ2) is 19.3. The van der Waals surface area contributed by atoms with Crippen LogP contribution in [0.3, 0.4) is 0 Å². The van der Waals surface area contributed by atoms with Crippen LogP contribution in [0.25, 0.3) is 49.9 Å². The molecule has 0 N–H and O–H groups in total. The van der Waals surface area contributed by atoms with Crippen molar-refractivity contribution in [1.82, 2.24) is 9.55 Å². The molecule has 10 rings (SSSR count). The SMILES string of the molecule is CC(C)c1cc(C(C)C)c(-c2ccnc(-n3c4[c-]c(Oc5[c-]c(N6[CH-]N(c7cc(-c8ccccc8)cc(C(C)(C)C)c7)c7ccccc76)cc(C(C)(C)C)c5)ccc4c4ccccc43)c2)c(C(C)C)c1.[Pt]. The van der Waals surface area contributed by atoms with Crippen LogP contribution in [0.5, 0.6) is 11.5 Å². The number of benzene rings is 7. The van der Waals surface area contributed by atoms with Gasteiger partial charge in [0, 0.05) is 61.3 Å². The Morgan fingerprint density at radius 1 is 0.535 bits per heavy atom. The van der Waals surface area contributed by atoms with E-state index in [1.807, 2.05) is 12.3 Å². The van der Waals surface area contributed by atoms with E-state index in [9.17, 15) is 0 Å². The Bertz CT molecular complexity index is 3380. The standard InChI is InChI=1S/C65H65N4O.Pt/c1-41(2)46-32-56(42(3)4)63(57(33-46)43(5)6)45-28-29-66-62(34-45)69-58-23-17-16-22-54(58)55-27-26-52(39-61(55)69)70-53-37-49(65(10,11)12)36-51(38-53)68-40-67(59-24-18-19-25-60(59)68)50-31-47(44-20-14-13-15-21-44)30-48(35-50)64(7,8)9;/h13-37,40-43H,1-12H3;/q-3;. The Kier molecular flexibility index (Phi) is 13.5. The first-order valence-electron chi connectivity index (χ1n) is 25.0. The molecule has 9 aromatic rings. The Labute approximate surface area is 436 Å². The fourth-order valence-corrected chi connectivity index (χ4v) is 9.91. The van der Waals surface area contributed by atoms with Gasteiger partial charge in [-0.25, -0.2) is 4.98 Å². The van der Waals surface area contributed by atoms with Gasteiger partial charge >= 0.3 is 0 Å². The minimum absolute atomic E-state index is 0. The summed E-state index contributed by atoms with van der Waals surface area (Å²) in [7, 11) is 0. The third-order valence-corrected chi connectivity index (χ3v) is 13.9. The van der Waals surface area contributed by atoms with E-state index in [1.54, 1.807) is 0 Å². The first kappa shape index (κ1) is 49.6. The first-order chi connectivity index (χ1) is 33.4. The molecule has 5 nitrogen and oxygen atoms in total. The number of hydrogen-bond donors (Lipinski definition) is 0. The van der Waals surface area contributed by atoms with E-state index in [0.717, 1.165) is 55.9 Å². The van der Waals surface area contributed by atoms with E-state index in [4.69, 9.17) is 9.72 Å². The molecule has 1 aliphatic rings. The average molecular weight is 1110 g/mol. The molecule has 0 radical (unpaired) electrons. The summed E-state index contributed by atoms with van der Waals surface area (Å²) in [4.78, 5) is 9.64. The van der Waals surface area contributed by atoms with E-state index in [2.05, 4.69) is 256 Å². The molecule has 3 heterocycles. The van der Waals surface area contributed by atoms with Gasteiger partial charge in [0.25, 0.3) is 0 Å². The molecule has 71 heavy (non-hydrogen) atoms. The number of anilines is 4. The number of nitrogens with zero attached hydrogens (tertiary/aromatic N) is 4. The van der Waals surface area contributed by atoms with Crippen LogP contribution in [-0.4, -0.2) is 9.55 Å². The molecular formula is C65H65N4OPt-3. The van der Waals surface area contributed by atoms with Gasteiger partial charge in [0.2, 0.25) is 0 Å². The second-order valence-electron chi connectivity index (χ2n) is 22.1. The van der Waals surface area contributed by atoms with Gasteiger partial charge in [0.15, 0.2) is 0 Å². The van der Waals surface area contributed by atoms with Crippen molar-refractivity contribution in [3.63, 3.8) is 0 Å². The van der Waals surface area contributed by atoms with Crippen molar-refractivity contribution in [3.05, 3.63) is 198 Å². The van der Waals surface area contributed by atoms with Crippen LogP contribution in [0, 0.1) is 18.8 Å². The number of rotatable bonds is 10. The van der Waals surface area contributed by atoms with Gasteiger partial charge in [0.05, 0.1) is 0 Å². The van der Waals surface area contributed by atoms with E-state index in [-0.39, 0.29) is 31.9 Å². The van der Waals surface area contributed by atoms with Crippen molar-refractivity contribution >= 4 is 44.6 Å². The summed E-state index contributed by atoms with van der Waals surface area (Å²) in [5.41, 5.74) is 17.3. The molecule has 0 spiro atoms. The van der Waals surface area contributed by atoms with Gasteiger partial charge < -0.3 is 19.1 Å². The van der Waals surface area contributed by atoms with Gasteiger partial charge in [-0.1, -0.05) is 167 Å². The quantitative estimate of drug-likeness (QED) is 0.128. The minimum Gasteiger partial charge on any atom is -0.509 e. The largest absolute Gasteiger partial charge is 0.509 e. The smallest absolute Gasteiger partial charge is 0.136 e. The van der Waals surface area contributed by atoms with E-state index in [1.165, 1.54) is 44.5 Å². The number of pyridine rings is 1. The fourth-order valence-electron chi connectivity index (χ4n) is 9.91. The van der Waals surface area contributed by atoms with Gasteiger partial charge in [-0.2, -0.15) is 6.07 Å². The molecule has 0 saturated carbocycles. The molecule has 0 bridgehead atoms. The molecular weight excluding hydrogens is 1050 g/mol. The number of ether oxygens (including phenoxy) is 1. The predicted molar refractivity (Wildman–Crippen MR) is 295 cm³/mol. The third kappa shape index (κ3) is 9.59. The molecule has 6 heteroatoms. The Morgan fingerprint density at radius 2 is 1.17 bits per heavy atom. The summed E-state index contributed by atoms with van der Waals surface area (Å²) in [6.45, 7) is 29.6. The molecule has 0 fully saturated rings. The Morgan fingerprint density at radius 3 is 1.83 bits per heavy atom. The van der Waals surface area contributed by atoms with Crippen LogP contribution in [0.4, 0.5) is 22.7 Å². The summed E-state index contributed by atoms with van der Waals surface area (Å²) < 4.78 is 9.18. The Balaban J connectivity index is 0.00000624. The zero-order chi connectivity index (χ0) is 49.2. The van der Waals surface area contributed by atoms with Crippen molar-refractivity contribution < 1.29 is 25.8 Å². The molecule has 364 valence electrons. The molecule has 0 aliphatic carbocycles. The fraction of sp³-hybridized carbons (Fsp3) is 0.262. The van der Waals surface area contributed by atoms with E-state index in [0.29, 0.717) is 29.3 Å². The van der Waals surface area contributed by atoms with Crippen LogP contribution in [0.1, 0.15) is 129 Å². The maximum absolute atomic E-state index is 6.94. The van der Waals surface area contributed by atoms with Crippen LogP contribution < -0.4 is 14.5 Å². The molecule has 2 aromatic heterocycles. The molecule has 1 aliphatic heterocycles. The Hall–Kier alpha value is -6.42. The van der Waals surface area contributed by atoms with Crippen LogP contribution in [0.15, 0.2) is 152 Å². The second-order valence-corrected chi connectivity index (χ2v) is 22.1. The van der Waals surface area contributed by atoms with Gasteiger partial charge in [-0.05, 0) is 121 Å². The van der Waals surface area contributed by atoms with Crippen molar-refractivity contribution in [2.75, 3.05) is 9.80 Å². The number of hydrogen-bond acceptors (Lipinski definition) is 4. The van der Waals surface area contributed by atoms with Crippen molar-refractivity contribution in [2.45, 2.75) is 112 Å². The topological polar surface area (TPSA) is 33.5 Å². The number of fused-ring (bicyclic) bond motifs is 4. The molecule has 0 saturated heterocycles. The normalized spacial score (nSPS) is 12.9. The van der Waals surface area contributed by atoms with Gasteiger partial charge in [0.1, 0.15) is 5.82 Å². The van der Waals surface area contributed by atoms with Gasteiger partial charge in [-0.3, -0.25) is 0 Å².